The van der Waals surface area contributed by atoms with Crippen molar-refractivity contribution in [3.05, 3.63) is 42.6 Å². The van der Waals surface area contributed by atoms with E-state index in [1.165, 1.54) is 0 Å². The Morgan fingerprint density at radius 3 is 2.90 bits per heavy atom. The quantitative estimate of drug-likeness (QED) is 0.652. The van der Waals surface area contributed by atoms with Crippen LogP contribution in [-0.2, 0) is 4.74 Å². The SMILES string of the molecule is C=CCC(C)Nc1c(C(=O)OCC)nnc2ccccc12. The summed E-state index contributed by atoms with van der Waals surface area (Å²) in [6.07, 6.45) is 2.61. The van der Waals surface area contributed by atoms with E-state index in [1.54, 1.807) is 6.92 Å². The Labute approximate surface area is 124 Å². The van der Waals surface area contributed by atoms with E-state index in [2.05, 4.69) is 22.1 Å². The second-order valence-corrected chi connectivity index (χ2v) is 4.73. The zero-order valence-electron chi connectivity index (χ0n) is 12.3. The number of rotatable bonds is 6. The molecule has 110 valence electrons. The minimum atomic E-state index is -0.468. The zero-order valence-corrected chi connectivity index (χ0v) is 12.3. The molecule has 1 N–H and O–H groups in total. The Kier molecular flexibility index (Phi) is 4.87. The van der Waals surface area contributed by atoms with E-state index < -0.39 is 5.97 Å². The Bertz CT molecular complexity index is 655. The molecule has 1 unspecified atom stereocenters. The Balaban J connectivity index is 2.51. The average Bonchev–Trinajstić information content (AvgIpc) is 2.48. The predicted octanol–water partition coefficient (Wildman–Crippen LogP) is 3.18. The Morgan fingerprint density at radius 2 is 2.19 bits per heavy atom. The maximum absolute atomic E-state index is 12.1. The number of nitrogens with zero attached hydrogens (tertiary/aromatic N) is 2. The number of hydrogen-bond acceptors (Lipinski definition) is 5. The molecular weight excluding hydrogens is 266 g/mol. The Hall–Kier alpha value is -2.43. The van der Waals surface area contributed by atoms with E-state index in [9.17, 15) is 4.79 Å². The summed E-state index contributed by atoms with van der Waals surface area (Å²) < 4.78 is 5.06. The van der Waals surface area contributed by atoms with Crippen LogP contribution in [0.1, 0.15) is 30.8 Å². The summed E-state index contributed by atoms with van der Waals surface area (Å²) in [5, 5.41) is 12.3. The van der Waals surface area contributed by atoms with Gasteiger partial charge in [0.2, 0.25) is 0 Å². The van der Waals surface area contributed by atoms with Gasteiger partial charge in [-0.25, -0.2) is 4.79 Å². The molecular formula is C16H19N3O2. The van der Waals surface area contributed by atoms with Crippen molar-refractivity contribution in [2.75, 3.05) is 11.9 Å². The van der Waals surface area contributed by atoms with Crippen LogP contribution >= 0.6 is 0 Å². The number of anilines is 1. The van der Waals surface area contributed by atoms with E-state index in [-0.39, 0.29) is 11.7 Å². The highest BCUT2D eigenvalue weighted by Gasteiger charge is 2.19. The molecule has 0 saturated carbocycles. The van der Waals surface area contributed by atoms with E-state index >= 15 is 0 Å². The van der Waals surface area contributed by atoms with E-state index in [4.69, 9.17) is 4.74 Å². The number of ether oxygens (including phenoxy) is 1. The highest BCUT2D eigenvalue weighted by atomic mass is 16.5. The molecule has 1 aromatic carbocycles. The third kappa shape index (κ3) is 3.37. The normalized spacial score (nSPS) is 11.9. The molecule has 1 heterocycles. The van der Waals surface area contributed by atoms with Crippen LogP contribution in [0.3, 0.4) is 0 Å². The number of nitrogens with one attached hydrogen (secondary N) is 1. The summed E-state index contributed by atoms with van der Waals surface area (Å²) in [6, 6.07) is 7.69. The maximum Gasteiger partial charge on any atom is 0.361 e. The lowest BCUT2D eigenvalue weighted by molar-refractivity contribution is 0.0519. The van der Waals surface area contributed by atoms with Crippen LogP contribution in [0.2, 0.25) is 0 Å². The first-order valence-electron chi connectivity index (χ1n) is 6.97. The molecule has 0 fully saturated rings. The molecule has 5 nitrogen and oxygen atoms in total. The van der Waals surface area contributed by atoms with Gasteiger partial charge in [0.25, 0.3) is 0 Å². The first-order valence-corrected chi connectivity index (χ1v) is 6.97. The highest BCUT2D eigenvalue weighted by molar-refractivity contribution is 6.03. The van der Waals surface area contributed by atoms with Gasteiger partial charge in [0.05, 0.1) is 17.8 Å². The van der Waals surface area contributed by atoms with Crippen LogP contribution in [0.25, 0.3) is 10.9 Å². The fourth-order valence-corrected chi connectivity index (χ4v) is 2.10. The van der Waals surface area contributed by atoms with Crippen LogP contribution in [0.5, 0.6) is 0 Å². The summed E-state index contributed by atoms with van der Waals surface area (Å²) in [7, 11) is 0. The van der Waals surface area contributed by atoms with Gasteiger partial charge in [-0.05, 0) is 26.3 Å². The van der Waals surface area contributed by atoms with Crippen molar-refractivity contribution in [3.8, 4) is 0 Å². The molecule has 21 heavy (non-hydrogen) atoms. The van der Waals surface area contributed by atoms with Gasteiger partial charge in [0.15, 0.2) is 5.69 Å². The molecule has 0 radical (unpaired) electrons. The van der Waals surface area contributed by atoms with Gasteiger partial charge < -0.3 is 10.1 Å². The second kappa shape index (κ2) is 6.83. The maximum atomic E-state index is 12.1. The van der Waals surface area contributed by atoms with Gasteiger partial charge in [-0.3, -0.25) is 0 Å². The van der Waals surface area contributed by atoms with Gasteiger partial charge in [0.1, 0.15) is 0 Å². The highest BCUT2D eigenvalue weighted by Crippen LogP contribution is 2.26. The lowest BCUT2D eigenvalue weighted by Gasteiger charge is -2.17. The van der Waals surface area contributed by atoms with Crippen molar-refractivity contribution in [1.29, 1.82) is 0 Å². The van der Waals surface area contributed by atoms with E-state index in [0.29, 0.717) is 12.3 Å². The first-order chi connectivity index (χ1) is 10.2. The fourth-order valence-electron chi connectivity index (χ4n) is 2.10. The molecule has 0 saturated heterocycles. The van der Waals surface area contributed by atoms with Gasteiger partial charge in [-0.2, -0.15) is 0 Å². The minimum Gasteiger partial charge on any atom is -0.461 e. The summed E-state index contributed by atoms with van der Waals surface area (Å²) in [5.41, 5.74) is 1.61. The summed E-state index contributed by atoms with van der Waals surface area (Å²) in [6.45, 7) is 7.82. The average molecular weight is 285 g/mol. The van der Waals surface area contributed by atoms with Gasteiger partial charge in [-0.1, -0.05) is 24.3 Å². The van der Waals surface area contributed by atoms with Crippen LogP contribution < -0.4 is 5.32 Å². The number of benzene rings is 1. The van der Waals surface area contributed by atoms with Crippen LogP contribution in [0.4, 0.5) is 5.69 Å². The van der Waals surface area contributed by atoms with Crippen LogP contribution in [0.15, 0.2) is 36.9 Å². The zero-order chi connectivity index (χ0) is 15.2. The topological polar surface area (TPSA) is 64.1 Å². The van der Waals surface area contributed by atoms with Crippen molar-refractivity contribution in [2.45, 2.75) is 26.3 Å². The largest absolute Gasteiger partial charge is 0.461 e. The van der Waals surface area contributed by atoms with Crippen molar-refractivity contribution < 1.29 is 9.53 Å². The van der Waals surface area contributed by atoms with Gasteiger partial charge in [0, 0.05) is 11.4 Å². The van der Waals surface area contributed by atoms with Crippen molar-refractivity contribution in [3.63, 3.8) is 0 Å². The second-order valence-electron chi connectivity index (χ2n) is 4.73. The third-order valence-corrected chi connectivity index (χ3v) is 3.05. The lowest BCUT2D eigenvalue weighted by atomic mass is 10.1. The molecule has 0 bridgehead atoms. The van der Waals surface area contributed by atoms with Gasteiger partial charge in [-0.15, -0.1) is 16.8 Å². The van der Waals surface area contributed by atoms with E-state index in [1.807, 2.05) is 37.3 Å². The molecule has 0 aliphatic carbocycles. The van der Waals surface area contributed by atoms with Crippen molar-refractivity contribution >= 4 is 22.6 Å². The monoisotopic (exact) mass is 285 g/mol. The third-order valence-electron chi connectivity index (χ3n) is 3.05. The van der Waals surface area contributed by atoms with Crippen LogP contribution in [-0.4, -0.2) is 28.8 Å². The first kappa shape index (κ1) is 15.0. The molecule has 1 aromatic heterocycles. The number of hydrogen-bond donors (Lipinski definition) is 1. The molecule has 0 aliphatic rings. The van der Waals surface area contributed by atoms with Crippen molar-refractivity contribution in [1.82, 2.24) is 10.2 Å². The smallest absolute Gasteiger partial charge is 0.361 e. The molecule has 0 spiro atoms. The fraction of sp³-hybridized carbons (Fsp3) is 0.312. The van der Waals surface area contributed by atoms with Crippen molar-refractivity contribution in [2.24, 2.45) is 0 Å². The molecule has 0 amide bonds. The summed E-state index contributed by atoms with van der Waals surface area (Å²) >= 11 is 0. The number of fused-ring (bicyclic) bond motifs is 1. The molecule has 2 rings (SSSR count). The number of esters is 1. The number of aromatic nitrogens is 2. The summed E-state index contributed by atoms with van der Waals surface area (Å²) in [4.78, 5) is 12.1. The van der Waals surface area contributed by atoms with Crippen LogP contribution in [0, 0.1) is 0 Å². The van der Waals surface area contributed by atoms with Gasteiger partial charge >= 0.3 is 5.97 Å². The van der Waals surface area contributed by atoms with E-state index in [0.717, 1.165) is 17.3 Å². The predicted molar refractivity (Wildman–Crippen MR) is 83.4 cm³/mol. The molecule has 1 atom stereocenters. The number of carbonyl (C=O) groups is 1. The minimum absolute atomic E-state index is 0.128. The number of carbonyl (C=O) groups excluding carboxylic acids is 1. The lowest BCUT2D eigenvalue weighted by Crippen LogP contribution is -2.19. The molecule has 0 aliphatic heterocycles. The standard InChI is InChI=1S/C16H19N3O2/c1-4-8-11(3)17-14-12-9-6-7-10-13(12)18-19-15(14)16(20)21-5-2/h4,6-7,9-11H,1,5,8H2,2-3H3,(H,17,18). The Morgan fingerprint density at radius 1 is 1.43 bits per heavy atom. The molecule has 2 aromatic rings. The summed E-state index contributed by atoms with van der Waals surface area (Å²) in [5.74, 6) is -0.468. The molecule has 5 heteroatoms.